The maximum absolute atomic E-state index is 12.4. The largest absolute Gasteiger partial charge is 0.443 e. The second-order valence-electron chi connectivity index (χ2n) is 5.88. The van der Waals surface area contributed by atoms with Crippen LogP contribution in [0, 0.1) is 6.92 Å². The van der Waals surface area contributed by atoms with Crippen LogP contribution >= 0.6 is 31.9 Å². The number of aryl methyl sites for hydroxylation is 1. The van der Waals surface area contributed by atoms with Gasteiger partial charge in [0.1, 0.15) is 5.60 Å². The third kappa shape index (κ3) is 3.98. The summed E-state index contributed by atoms with van der Waals surface area (Å²) >= 11 is 6.97. The summed E-state index contributed by atoms with van der Waals surface area (Å²) in [7, 11) is 0. The zero-order valence-corrected chi connectivity index (χ0v) is 15.6. The highest BCUT2D eigenvalue weighted by Crippen LogP contribution is 2.32. The van der Waals surface area contributed by atoms with Crippen molar-refractivity contribution in [1.29, 1.82) is 0 Å². The van der Waals surface area contributed by atoms with E-state index in [-0.39, 0.29) is 0 Å². The average molecular weight is 415 g/mol. The standard InChI is InChI=1S/C16H17Br2NO2/c1-10-5-6-13(18)12(7-10)14-8-11(17)9-19(14)15(20)21-16(2,3)4/h5-9H,1-4H3. The summed E-state index contributed by atoms with van der Waals surface area (Å²) in [5, 5.41) is 0. The van der Waals surface area contributed by atoms with Gasteiger partial charge in [-0.2, -0.15) is 0 Å². The average Bonchev–Trinajstić information content (AvgIpc) is 2.72. The van der Waals surface area contributed by atoms with Crippen LogP contribution in [0.2, 0.25) is 0 Å². The van der Waals surface area contributed by atoms with Gasteiger partial charge in [-0.05, 0) is 61.8 Å². The highest BCUT2D eigenvalue weighted by Gasteiger charge is 2.21. The minimum absolute atomic E-state index is 0.392. The minimum atomic E-state index is -0.533. The summed E-state index contributed by atoms with van der Waals surface area (Å²) in [4.78, 5) is 12.4. The molecule has 5 heteroatoms. The molecule has 0 spiro atoms. The van der Waals surface area contributed by atoms with E-state index in [0.717, 1.165) is 25.8 Å². The van der Waals surface area contributed by atoms with Crippen LogP contribution in [0.3, 0.4) is 0 Å². The summed E-state index contributed by atoms with van der Waals surface area (Å²) in [5.74, 6) is 0. The molecule has 1 heterocycles. The molecule has 2 rings (SSSR count). The molecule has 0 amide bonds. The topological polar surface area (TPSA) is 31.2 Å². The predicted octanol–water partition coefficient (Wildman–Crippen LogP) is 5.77. The Labute approximate surface area is 141 Å². The van der Waals surface area contributed by atoms with E-state index in [0.29, 0.717) is 0 Å². The molecule has 0 bridgehead atoms. The Kier molecular flexibility index (Phi) is 4.63. The number of carbonyl (C=O) groups is 1. The lowest BCUT2D eigenvalue weighted by molar-refractivity contribution is 0.0540. The molecule has 0 radical (unpaired) electrons. The van der Waals surface area contributed by atoms with Crippen molar-refractivity contribution in [2.45, 2.75) is 33.3 Å². The van der Waals surface area contributed by atoms with Crippen molar-refractivity contribution in [2.75, 3.05) is 0 Å². The van der Waals surface area contributed by atoms with Gasteiger partial charge < -0.3 is 4.74 Å². The monoisotopic (exact) mass is 413 g/mol. The van der Waals surface area contributed by atoms with Crippen molar-refractivity contribution >= 4 is 38.0 Å². The normalized spacial score (nSPS) is 11.5. The zero-order chi connectivity index (χ0) is 15.8. The first kappa shape index (κ1) is 16.3. The molecule has 0 atom stereocenters. The second kappa shape index (κ2) is 5.97. The quantitative estimate of drug-likeness (QED) is 0.592. The Balaban J connectivity index is 2.51. The van der Waals surface area contributed by atoms with Crippen LogP contribution in [0.25, 0.3) is 11.3 Å². The molecule has 0 fully saturated rings. The molecule has 0 aliphatic rings. The van der Waals surface area contributed by atoms with Crippen LogP contribution in [-0.4, -0.2) is 16.3 Å². The summed E-state index contributed by atoms with van der Waals surface area (Å²) in [6, 6.07) is 7.94. The van der Waals surface area contributed by atoms with Gasteiger partial charge in [0.2, 0.25) is 0 Å². The molecule has 0 saturated heterocycles. The van der Waals surface area contributed by atoms with Gasteiger partial charge >= 0.3 is 6.09 Å². The lowest BCUT2D eigenvalue weighted by Gasteiger charge is -2.20. The number of carbonyl (C=O) groups excluding carboxylic acids is 1. The number of halogens is 2. The smallest absolute Gasteiger partial charge is 0.419 e. The van der Waals surface area contributed by atoms with E-state index in [9.17, 15) is 4.79 Å². The molecule has 112 valence electrons. The molecule has 21 heavy (non-hydrogen) atoms. The van der Waals surface area contributed by atoms with Gasteiger partial charge in [0.15, 0.2) is 0 Å². The molecule has 0 aliphatic heterocycles. The SMILES string of the molecule is Cc1ccc(Br)c(-c2cc(Br)cn2C(=O)OC(C)(C)C)c1. The summed E-state index contributed by atoms with van der Waals surface area (Å²) in [6.45, 7) is 7.58. The van der Waals surface area contributed by atoms with Crippen LogP contribution in [-0.2, 0) is 4.74 Å². The zero-order valence-electron chi connectivity index (χ0n) is 12.4. The third-order valence-electron chi connectivity index (χ3n) is 2.77. The third-order valence-corrected chi connectivity index (χ3v) is 3.90. The van der Waals surface area contributed by atoms with E-state index in [1.165, 1.54) is 4.57 Å². The highest BCUT2D eigenvalue weighted by molar-refractivity contribution is 9.10. The summed E-state index contributed by atoms with van der Waals surface area (Å²) in [5.41, 5.74) is 2.33. The maximum atomic E-state index is 12.4. The first-order valence-corrected chi connectivity index (χ1v) is 8.14. The lowest BCUT2D eigenvalue weighted by Crippen LogP contribution is -2.27. The molecule has 0 aliphatic carbocycles. The van der Waals surface area contributed by atoms with E-state index in [4.69, 9.17) is 4.74 Å². The first-order valence-electron chi connectivity index (χ1n) is 6.55. The van der Waals surface area contributed by atoms with Gasteiger partial charge in [0, 0.05) is 20.7 Å². The van der Waals surface area contributed by atoms with E-state index in [2.05, 4.69) is 31.9 Å². The van der Waals surface area contributed by atoms with Crippen LogP contribution in [0.4, 0.5) is 4.79 Å². The van der Waals surface area contributed by atoms with Gasteiger partial charge in [-0.25, -0.2) is 4.79 Å². The summed E-state index contributed by atoms with van der Waals surface area (Å²) < 4.78 is 8.74. The van der Waals surface area contributed by atoms with Gasteiger partial charge in [0.05, 0.1) is 5.69 Å². The van der Waals surface area contributed by atoms with Gasteiger partial charge in [-0.1, -0.05) is 27.6 Å². The number of ether oxygens (including phenoxy) is 1. The van der Waals surface area contributed by atoms with Crippen molar-refractivity contribution in [3.63, 3.8) is 0 Å². The number of hydrogen-bond acceptors (Lipinski definition) is 2. The first-order chi connectivity index (χ1) is 9.67. The van der Waals surface area contributed by atoms with Crippen molar-refractivity contribution in [3.05, 3.63) is 45.0 Å². The fraction of sp³-hybridized carbons (Fsp3) is 0.312. The van der Waals surface area contributed by atoms with E-state index < -0.39 is 11.7 Å². The van der Waals surface area contributed by atoms with Crippen LogP contribution in [0.1, 0.15) is 26.3 Å². The Hall–Kier alpha value is -1.07. The fourth-order valence-electron chi connectivity index (χ4n) is 1.94. The number of hydrogen-bond donors (Lipinski definition) is 0. The predicted molar refractivity (Wildman–Crippen MR) is 91.6 cm³/mol. The summed E-state index contributed by atoms with van der Waals surface area (Å²) in [6.07, 6.45) is 1.33. The van der Waals surface area contributed by atoms with Gasteiger partial charge in [0.25, 0.3) is 0 Å². The van der Waals surface area contributed by atoms with Crippen molar-refractivity contribution in [3.8, 4) is 11.3 Å². The van der Waals surface area contributed by atoms with Crippen molar-refractivity contribution in [1.82, 2.24) is 4.57 Å². The van der Waals surface area contributed by atoms with E-state index in [1.807, 2.05) is 52.0 Å². The van der Waals surface area contributed by atoms with Gasteiger partial charge in [-0.3, -0.25) is 4.57 Å². The van der Waals surface area contributed by atoms with E-state index in [1.54, 1.807) is 6.20 Å². The maximum Gasteiger partial charge on any atom is 0.419 e. The molecule has 0 unspecified atom stereocenters. The molecule has 0 N–H and O–H groups in total. The highest BCUT2D eigenvalue weighted by atomic mass is 79.9. The molecule has 2 aromatic rings. The number of aromatic nitrogens is 1. The Morgan fingerprint density at radius 1 is 1.19 bits per heavy atom. The van der Waals surface area contributed by atoms with Crippen LogP contribution < -0.4 is 0 Å². The molecule has 1 aromatic heterocycles. The molecule has 3 nitrogen and oxygen atoms in total. The molecular formula is C16H17Br2NO2. The minimum Gasteiger partial charge on any atom is -0.443 e. The Morgan fingerprint density at radius 2 is 1.86 bits per heavy atom. The number of nitrogens with zero attached hydrogens (tertiary/aromatic N) is 1. The number of benzene rings is 1. The van der Waals surface area contributed by atoms with Crippen molar-refractivity contribution in [2.24, 2.45) is 0 Å². The number of rotatable bonds is 1. The molecule has 1 aromatic carbocycles. The van der Waals surface area contributed by atoms with E-state index >= 15 is 0 Å². The lowest BCUT2D eigenvalue weighted by atomic mass is 10.1. The van der Waals surface area contributed by atoms with Crippen LogP contribution in [0.5, 0.6) is 0 Å². The Morgan fingerprint density at radius 3 is 2.48 bits per heavy atom. The fourth-order valence-corrected chi connectivity index (χ4v) is 2.81. The molecule has 0 saturated carbocycles. The van der Waals surface area contributed by atoms with Crippen LogP contribution in [0.15, 0.2) is 39.4 Å². The van der Waals surface area contributed by atoms with Crippen molar-refractivity contribution < 1.29 is 9.53 Å². The molecular weight excluding hydrogens is 398 g/mol. The second-order valence-corrected chi connectivity index (χ2v) is 7.65. The van der Waals surface area contributed by atoms with Gasteiger partial charge in [-0.15, -0.1) is 0 Å². The Bertz CT molecular complexity index is 684.